The largest absolute Gasteiger partial charge is 0.380 e. The molecule has 4 nitrogen and oxygen atoms in total. The van der Waals surface area contributed by atoms with Gasteiger partial charge >= 0.3 is 0 Å². The zero-order valence-corrected chi connectivity index (χ0v) is 11.2. The summed E-state index contributed by atoms with van der Waals surface area (Å²) in [5.74, 6) is -0.0262. The van der Waals surface area contributed by atoms with Gasteiger partial charge in [-0.25, -0.2) is 0 Å². The minimum Gasteiger partial charge on any atom is -0.380 e. The van der Waals surface area contributed by atoms with E-state index in [0.29, 0.717) is 18.2 Å². The van der Waals surface area contributed by atoms with E-state index in [0.717, 1.165) is 18.5 Å². The molecule has 1 saturated carbocycles. The van der Waals surface area contributed by atoms with Crippen molar-refractivity contribution in [3.63, 3.8) is 0 Å². The van der Waals surface area contributed by atoms with Crippen molar-refractivity contribution in [3.8, 4) is 0 Å². The average molecular weight is 259 g/mol. The van der Waals surface area contributed by atoms with E-state index in [1.165, 1.54) is 19.3 Å². The summed E-state index contributed by atoms with van der Waals surface area (Å²) in [6, 6.07) is 2.15. The van der Waals surface area contributed by atoms with Crippen molar-refractivity contribution >= 4 is 11.6 Å². The second-order valence-electron chi connectivity index (χ2n) is 4.94. The first-order valence-corrected chi connectivity index (χ1v) is 6.90. The smallest absolute Gasteiger partial charge is 0.253 e. The molecule has 0 atom stereocenters. The summed E-state index contributed by atoms with van der Waals surface area (Å²) in [6.45, 7) is 4.31. The van der Waals surface area contributed by atoms with Gasteiger partial charge in [0.2, 0.25) is 0 Å². The number of carbonyl (C=O) groups is 1. The predicted octanol–water partition coefficient (Wildman–Crippen LogP) is 2.74. The lowest BCUT2D eigenvalue weighted by Gasteiger charge is -2.22. The summed E-state index contributed by atoms with van der Waals surface area (Å²) in [5.41, 5.74) is 1.45. The van der Waals surface area contributed by atoms with Crippen molar-refractivity contribution in [2.45, 2.75) is 38.1 Å². The monoisotopic (exact) mass is 259 g/mol. The molecule has 0 spiro atoms. The molecule has 1 heterocycles. The Kier molecular flexibility index (Phi) is 4.95. The second-order valence-corrected chi connectivity index (χ2v) is 4.94. The number of nitrogens with one attached hydrogen (secondary N) is 2. The Morgan fingerprint density at radius 1 is 1.37 bits per heavy atom. The third kappa shape index (κ3) is 4.09. The number of nitrogens with zero attached hydrogens (tertiary/aromatic N) is 1. The van der Waals surface area contributed by atoms with E-state index in [-0.39, 0.29) is 5.91 Å². The highest BCUT2D eigenvalue weighted by Gasteiger charge is 2.16. The van der Waals surface area contributed by atoms with Crippen LogP contribution in [0.3, 0.4) is 0 Å². The van der Waals surface area contributed by atoms with Gasteiger partial charge in [0.05, 0.1) is 11.3 Å². The number of carbonyl (C=O) groups excluding carboxylic acids is 1. The summed E-state index contributed by atoms with van der Waals surface area (Å²) in [6.07, 6.45) is 11.0. The molecule has 0 aromatic carbocycles. The molecule has 0 bridgehead atoms. The zero-order valence-electron chi connectivity index (χ0n) is 11.2. The van der Waals surface area contributed by atoms with Crippen LogP contribution in [0.4, 0.5) is 5.69 Å². The molecule has 1 aliphatic carbocycles. The quantitative estimate of drug-likeness (QED) is 0.799. The van der Waals surface area contributed by atoms with Crippen molar-refractivity contribution < 1.29 is 4.79 Å². The molecule has 4 heteroatoms. The standard InChI is InChI=1S/C15H21N3O/c1-2-8-17-14-9-12(10-16-11-14)15(19)18-13-6-4-3-5-7-13/h2,9-11,13,17H,1,3-8H2,(H,18,19). The van der Waals surface area contributed by atoms with Crippen LogP contribution in [0.15, 0.2) is 31.1 Å². The Labute approximate surface area is 114 Å². The molecule has 0 aliphatic heterocycles. The van der Waals surface area contributed by atoms with E-state index in [9.17, 15) is 4.79 Å². The lowest BCUT2D eigenvalue weighted by Crippen LogP contribution is -2.36. The predicted molar refractivity (Wildman–Crippen MR) is 77.3 cm³/mol. The van der Waals surface area contributed by atoms with E-state index >= 15 is 0 Å². The highest BCUT2D eigenvalue weighted by Crippen LogP contribution is 2.18. The number of aromatic nitrogens is 1. The van der Waals surface area contributed by atoms with Crippen LogP contribution in [-0.2, 0) is 0 Å². The lowest BCUT2D eigenvalue weighted by molar-refractivity contribution is 0.0927. The first-order valence-electron chi connectivity index (χ1n) is 6.90. The summed E-state index contributed by atoms with van der Waals surface area (Å²) in [7, 11) is 0. The van der Waals surface area contributed by atoms with Crippen molar-refractivity contribution in [2.24, 2.45) is 0 Å². The second kappa shape index (κ2) is 6.92. The normalized spacial score (nSPS) is 15.8. The van der Waals surface area contributed by atoms with Gasteiger partial charge in [0.25, 0.3) is 5.91 Å². The van der Waals surface area contributed by atoms with Gasteiger partial charge < -0.3 is 10.6 Å². The van der Waals surface area contributed by atoms with Crippen LogP contribution in [0.25, 0.3) is 0 Å². The number of hydrogen-bond donors (Lipinski definition) is 2. The highest BCUT2D eigenvalue weighted by molar-refractivity contribution is 5.94. The molecule has 102 valence electrons. The summed E-state index contributed by atoms with van der Waals surface area (Å²) in [5, 5.41) is 6.22. The molecule has 2 rings (SSSR count). The van der Waals surface area contributed by atoms with Crippen molar-refractivity contribution in [1.29, 1.82) is 0 Å². The van der Waals surface area contributed by atoms with Gasteiger partial charge in [0.15, 0.2) is 0 Å². The van der Waals surface area contributed by atoms with E-state index < -0.39 is 0 Å². The van der Waals surface area contributed by atoms with Crippen molar-refractivity contribution in [3.05, 3.63) is 36.7 Å². The molecule has 1 aliphatic rings. The van der Waals surface area contributed by atoms with Gasteiger partial charge in [-0.05, 0) is 18.9 Å². The fraction of sp³-hybridized carbons (Fsp3) is 0.467. The molecule has 2 N–H and O–H groups in total. The fourth-order valence-electron chi connectivity index (χ4n) is 2.37. The molecule has 0 unspecified atom stereocenters. The summed E-state index contributed by atoms with van der Waals surface area (Å²) >= 11 is 0. The van der Waals surface area contributed by atoms with Crippen LogP contribution in [0.1, 0.15) is 42.5 Å². The molecule has 1 fully saturated rings. The van der Waals surface area contributed by atoms with Gasteiger partial charge in [-0.1, -0.05) is 25.3 Å². The lowest BCUT2D eigenvalue weighted by atomic mass is 9.95. The molecule has 1 amide bonds. The minimum atomic E-state index is -0.0262. The Morgan fingerprint density at radius 3 is 2.89 bits per heavy atom. The van der Waals surface area contributed by atoms with Gasteiger partial charge in [-0.15, -0.1) is 6.58 Å². The summed E-state index contributed by atoms with van der Waals surface area (Å²) < 4.78 is 0. The van der Waals surface area contributed by atoms with Gasteiger partial charge in [-0.3, -0.25) is 9.78 Å². The fourth-order valence-corrected chi connectivity index (χ4v) is 2.37. The molecule has 1 aromatic heterocycles. The van der Waals surface area contributed by atoms with Crippen molar-refractivity contribution in [1.82, 2.24) is 10.3 Å². The van der Waals surface area contributed by atoms with Crippen molar-refractivity contribution in [2.75, 3.05) is 11.9 Å². The number of amides is 1. The number of pyridine rings is 1. The minimum absolute atomic E-state index is 0.0262. The van der Waals surface area contributed by atoms with E-state index in [1.807, 2.05) is 6.07 Å². The Morgan fingerprint density at radius 2 is 2.16 bits per heavy atom. The van der Waals surface area contributed by atoms with Crippen LogP contribution < -0.4 is 10.6 Å². The average Bonchev–Trinajstić information content (AvgIpc) is 2.46. The van der Waals surface area contributed by atoms with E-state index in [4.69, 9.17) is 0 Å². The molecule has 19 heavy (non-hydrogen) atoms. The maximum atomic E-state index is 12.1. The number of anilines is 1. The zero-order chi connectivity index (χ0) is 13.5. The van der Waals surface area contributed by atoms with E-state index in [1.54, 1.807) is 18.5 Å². The first-order chi connectivity index (χ1) is 9.29. The van der Waals surface area contributed by atoms with Gasteiger partial charge in [0, 0.05) is 25.0 Å². The Bertz CT molecular complexity index is 439. The first kappa shape index (κ1) is 13.6. The van der Waals surface area contributed by atoms with Gasteiger partial charge in [-0.2, -0.15) is 0 Å². The Balaban J connectivity index is 1.95. The Hall–Kier alpha value is -1.84. The topological polar surface area (TPSA) is 54.0 Å². The number of rotatable bonds is 5. The summed E-state index contributed by atoms with van der Waals surface area (Å²) in [4.78, 5) is 16.2. The molecule has 0 radical (unpaired) electrons. The van der Waals surface area contributed by atoms with Crippen LogP contribution in [-0.4, -0.2) is 23.5 Å². The highest BCUT2D eigenvalue weighted by atomic mass is 16.1. The molecular weight excluding hydrogens is 238 g/mol. The SMILES string of the molecule is C=CCNc1cncc(C(=O)NC2CCCCC2)c1. The van der Waals surface area contributed by atoms with Crippen LogP contribution in [0, 0.1) is 0 Å². The van der Waals surface area contributed by atoms with Crippen LogP contribution in [0.2, 0.25) is 0 Å². The molecular formula is C15H21N3O. The third-order valence-electron chi connectivity index (χ3n) is 3.39. The maximum Gasteiger partial charge on any atom is 0.253 e. The van der Waals surface area contributed by atoms with Crippen LogP contribution in [0.5, 0.6) is 0 Å². The third-order valence-corrected chi connectivity index (χ3v) is 3.39. The number of hydrogen-bond acceptors (Lipinski definition) is 3. The molecule has 0 saturated heterocycles. The van der Waals surface area contributed by atoms with Crippen LogP contribution >= 0.6 is 0 Å². The molecule has 1 aromatic rings. The van der Waals surface area contributed by atoms with E-state index in [2.05, 4.69) is 22.2 Å². The van der Waals surface area contributed by atoms with Gasteiger partial charge in [0.1, 0.15) is 0 Å². The maximum absolute atomic E-state index is 12.1.